The number of ether oxygens (including phenoxy) is 1. The third-order valence-electron chi connectivity index (χ3n) is 10.8. The van der Waals surface area contributed by atoms with Gasteiger partial charge in [-0.2, -0.15) is 9.97 Å². The number of nitrogens with zero attached hydrogens (tertiary/aromatic N) is 5. The number of phenolic OH excluding ortho intramolecular Hbond substituents is 1. The van der Waals surface area contributed by atoms with Crippen molar-refractivity contribution in [2.45, 2.75) is 75.7 Å². The molecule has 2 aromatic heterocycles. The molecule has 3 saturated heterocycles. The van der Waals surface area contributed by atoms with Gasteiger partial charge in [-0.25, -0.2) is 18.2 Å². The Morgan fingerprint density at radius 1 is 1.17 bits per heavy atom. The van der Waals surface area contributed by atoms with Crippen LogP contribution in [0.15, 0.2) is 24.3 Å². The molecule has 5 atom stereocenters. The number of terminal acetylenes is 1. The minimum Gasteiger partial charge on any atom is -0.508 e. The van der Waals surface area contributed by atoms with Gasteiger partial charge in [-0.05, 0) is 55.8 Å². The lowest BCUT2D eigenvalue weighted by Gasteiger charge is -2.41. The Labute approximate surface area is 271 Å². The highest BCUT2D eigenvalue weighted by molar-refractivity contribution is 6.03. The number of aromatic hydroxyl groups is 1. The standard InChI is InChI=1S/C36H37F3N6O2/c1-4-22-17-45-23(15-40-22)11-19(3)31-29-33(42-35(43-34(29)45)47-18-36-9-6-10-44(36)16-21(37)14-36)30(39)32(41-31)26-13-24(46)12-20-7-8-27(38)25(5-2)28(20)26/h2,7-8,12-13,19,21-23,40,46H,4,6,9-11,14-18H2,1,3H3/t19-,21-,22-,23-,36+/m1/s1. The minimum atomic E-state index is -0.918. The number of hydrogen-bond donors (Lipinski definition) is 2. The van der Waals surface area contributed by atoms with E-state index in [2.05, 4.69) is 34.9 Å². The van der Waals surface area contributed by atoms with E-state index in [4.69, 9.17) is 26.1 Å². The largest absolute Gasteiger partial charge is 0.508 e. The summed E-state index contributed by atoms with van der Waals surface area (Å²) in [5, 5.41) is 15.6. The number of nitrogens with one attached hydrogen (secondary N) is 1. The molecule has 2 N–H and O–H groups in total. The zero-order valence-electron chi connectivity index (χ0n) is 26.5. The molecule has 47 heavy (non-hydrogen) atoms. The fourth-order valence-electron chi connectivity index (χ4n) is 8.50. The molecule has 11 heteroatoms. The van der Waals surface area contributed by atoms with Gasteiger partial charge in [0, 0.05) is 55.0 Å². The number of halogens is 3. The summed E-state index contributed by atoms with van der Waals surface area (Å²) < 4.78 is 53.1. The molecule has 8 rings (SSSR count). The molecule has 0 amide bonds. The van der Waals surface area contributed by atoms with Gasteiger partial charge >= 0.3 is 6.01 Å². The molecule has 244 valence electrons. The molecule has 0 spiro atoms. The van der Waals surface area contributed by atoms with Gasteiger partial charge in [-0.15, -0.1) is 6.42 Å². The Morgan fingerprint density at radius 2 is 2.02 bits per heavy atom. The van der Waals surface area contributed by atoms with Crippen molar-refractivity contribution in [2.24, 2.45) is 0 Å². The summed E-state index contributed by atoms with van der Waals surface area (Å²) >= 11 is 0. The Balaban J connectivity index is 1.35. The van der Waals surface area contributed by atoms with Crippen LogP contribution in [0, 0.1) is 24.0 Å². The van der Waals surface area contributed by atoms with E-state index < -0.39 is 23.3 Å². The van der Waals surface area contributed by atoms with Crippen LogP contribution in [0.5, 0.6) is 11.8 Å². The van der Waals surface area contributed by atoms with Gasteiger partial charge in [0.25, 0.3) is 0 Å². The van der Waals surface area contributed by atoms with E-state index in [9.17, 15) is 9.50 Å². The summed E-state index contributed by atoms with van der Waals surface area (Å²) in [6.45, 7) is 6.99. The second-order valence-electron chi connectivity index (χ2n) is 13.7. The lowest BCUT2D eigenvalue weighted by molar-refractivity contribution is 0.107. The molecular formula is C36H37F3N6O2. The van der Waals surface area contributed by atoms with Crippen molar-refractivity contribution in [1.29, 1.82) is 0 Å². The monoisotopic (exact) mass is 642 g/mol. The van der Waals surface area contributed by atoms with Crippen LogP contribution in [0.25, 0.3) is 32.9 Å². The number of rotatable bonds is 5. The number of aromatic nitrogens is 3. The maximum atomic E-state index is 17.2. The number of fused-ring (bicyclic) bond motifs is 4. The maximum Gasteiger partial charge on any atom is 0.319 e. The van der Waals surface area contributed by atoms with Gasteiger partial charge in [0.15, 0.2) is 5.82 Å². The fourth-order valence-corrected chi connectivity index (χ4v) is 8.50. The molecule has 0 bridgehead atoms. The van der Waals surface area contributed by atoms with Gasteiger partial charge in [0.2, 0.25) is 0 Å². The number of phenols is 1. The second kappa shape index (κ2) is 11.2. The number of alkyl halides is 1. The van der Waals surface area contributed by atoms with Crippen LogP contribution in [0.3, 0.4) is 0 Å². The molecule has 4 aliphatic rings. The number of anilines is 1. The topological polar surface area (TPSA) is 86.6 Å². The van der Waals surface area contributed by atoms with E-state index in [0.29, 0.717) is 41.8 Å². The average Bonchev–Trinajstić information content (AvgIpc) is 3.55. The highest BCUT2D eigenvalue weighted by Gasteiger charge is 2.49. The number of hydrogen-bond acceptors (Lipinski definition) is 8. The number of piperazine rings is 1. The summed E-state index contributed by atoms with van der Waals surface area (Å²) in [5.41, 5.74) is 0.269. The van der Waals surface area contributed by atoms with Crippen molar-refractivity contribution in [3.8, 4) is 35.4 Å². The lowest BCUT2D eigenvalue weighted by atomic mass is 9.93. The predicted octanol–water partition coefficient (Wildman–Crippen LogP) is 5.83. The molecule has 0 saturated carbocycles. The third kappa shape index (κ3) is 4.79. The molecule has 0 unspecified atom stereocenters. The van der Waals surface area contributed by atoms with Crippen molar-refractivity contribution >= 4 is 27.5 Å². The molecule has 4 aromatic rings. The van der Waals surface area contributed by atoms with Crippen molar-refractivity contribution in [1.82, 2.24) is 25.2 Å². The summed E-state index contributed by atoms with van der Waals surface area (Å²) in [7, 11) is 0. The highest BCUT2D eigenvalue weighted by Crippen LogP contribution is 2.45. The lowest BCUT2D eigenvalue weighted by Crippen LogP contribution is -2.56. The molecule has 8 nitrogen and oxygen atoms in total. The maximum absolute atomic E-state index is 17.2. The Bertz CT molecular complexity index is 1970. The van der Waals surface area contributed by atoms with Crippen LogP contribution in [0.4, 0.5) is 19.0 Å². The fraction of sp³-hybridized carbons (Fsp3) is 0.472. The first kappa shape index (κ1) is 30.2. The Morgan fingerprint density at radius 3 is 2.83 bits per heavy atom. The van der Waals surface area contributed by atoms with Gasteiger partial charge in [0.1, 0.15) is 41.4 Å². The quantitative estimate of drug-likeness (QED) is 0.263. The summed E-state index contributed by atoms with van der Waals surface area (Å²) in [4.78, 5) is 19.0. The Hall–Kier alpha value is -4.14. The van der Waals surface area contributed by atoms with Crippen LogP contribution in [0.2, 0.25) is 0 Å². The van der Waals surface area contributed by atoms with Crippen molar-refractivity contribution < 1.29 is 23.0 Å². The van der Waals surface area contributed by atoms with E-state index in [-0.39, 0.29) is 64.1 Å². The van der Waals surface area contributed by atoms with E-state index in [1.807, 2.05) is 0 Å². The zero-order chi connectivity index (χ0) is 32.6. The smallest absolute Gasteiger partial charge is 0.319 e. The average molecular weight is 643 g/mol. The number of pyridine rings is 1. The predicted molar refractivity (Wildman–Crippen MR) is 175 cm³/mol. The van der Waals surface area contributed by atoms with E-state index >= 15 is 8.78 Å². The first-order valence-corrected chi connectivity index (χ1v) is 16.5. The molecule has 0 aliphatic carbocycles. The van der Waals surface area contributed by atoms with E-state index in [0.717, 1.165) is 38.8 Å². The van der Waals surface area contributed by atoms with Crippen LogP contribution >= 0.6 is 0 Å². The summed E-state index contributed by atoms with van der Waals surface area (Å²) in [6, 6.07) is 5.88. The van der Waals surface area contributed by atoms with E-state index in [1.54, 1.807) is 0 Å². The molecule has 0 radical (unpaired) electrons. The summed E-state index contributed by atoms with van der Waals surface area (Å²) in [6.07, 6.45) is 8.64. The normalized spacial score (nSPS) is 27.1. The summed E-state index contributed by atoms with van der Waals surface area (Å²) in [5.74, 6) is 1.37. The van der Waals surface area contributed by atoms with Crippen LogP contribution < -0.4 is 15.0 Å². The first-order chi connectivity index (χ1) is 22.7. The van der Waals surface area contributed by atoms with Crippen molar-refractivity contribution in [3.63, 3.8) is 0 Å². The van der Waals surface area contributed by atoms with Gasteiger partial charge < -0.3 is 20.1 Å². The van der Waals surface area contributed by atoms with Crippen molar-refractivity contribution in [3.05, 3.63) is 47.2 Å². The van der Waals surface area contributed by atoms with E-state index in [1.165, 1.54) is 24.3 Å². The van der Waals surface area contributed by atoms with Gasteiger partial charge in [-0.3, -0.25) is 4.90 Å². The van der Waals surface area contributed by atoms with Gasteiger partial charge in [-0.1, -0.05) is 25.8 Å². The van der Waals surface area contributed by atoms with Crippen LogP contribution in [0.1, 0.15) is 63.1 Å². The van der Waals surface area contributed by atoms with Crippen LogP contribution in [-0.2, 0) is 0 Å². The van der Waals surface area contributed by atoms with Crippen molar-refractivity contribution in [2.75, 3.05) is 37.7 Å². The first-order valence-electron chi connectivity index (χ1n) is 16.5. The molecule has 3 fully saturated rings. The highest BCUT2D eigenvalue weighted by atomic mass is 19.1. The third-order valence-corrected chi connectivity index (χ3v) is 10.8. The molecule has 6 heterocycles. The number of benzene rings is 2. The SMILES string of the molecule is C#Cc1c(F)ccc2cc(O)cc(-c3nc4c5c(nc(OC[C@@]67CCCN6C[C@H](F)C7)nc5c3F)N3C[C@@H](CC)NC[C@H]3C[C@H]4C)c12. The Kier molecular flexibility index (Phi) is 7.22. The molecule has 2 aromatic carbocycles. The van der Waals surface area contributed by atoms with Crippen LogP contribution in [-0.4, -0.2) is 81.5 Å². The van der Waals surface area contributed by atoms with Gasteiger partial charge in [0.05, 0.1) is 22.2 Å². The zero-order valence-corrected chi connectivity index (χ0v) is 26.5. The second-order valence-corrected chi connectivity index (χ2v) is 13.7. The molecule has 4 aliphatic heterocycles. The minimum absolute atomic E-state index is 0.0223. The molecular weight excluding hydrogens is 605 g/mol.